The first-order valence-electron chi connectivity index (χ1n) is 6.61. The van der Waals surface area contributed by atoms with E-state index in [2.05, 4.69) is 10.6 Å². The number of rotatable bonds is 3. The Morgan fingerprint density at radius 1 is 1.38 bits per heavy atom. The Morgan fingerprint density at radius 3 is 2.76 bits per heavy atom. The summed E-state index contributed by atoms with van der Waals surface area (Å²) < 4.78 is 37.7. The second kappa shape index (κ2) is 7.66. The van der Waals surface area contributed by atoms with Crippen LogP contribution in [0.2, 0.25) is 0 Å². The molecule has 0 bridgehead atoms. The maximum absolute atomic E-state index is 12.6. The Kier molecular flexibility index (Phi) is 6.48. The molecule has 7 heteroatoms. The van der Waals surface area contributed by atoms with Gasteiger partial charge in [0.15, 0.2) is 0 Å². The lowest BCUT2D eigenvalue weighted by Crippen LogP contribution is -2.40. The van der Waals surface area contributed by atoms with Crippen LogP contribution in [0.5, 0.6) is 0 Å². The van der Waals surface area contributed by atoms with Crippen LogP contribution in [0.1, 0.15) is 24.0 Å². The predicted octanol–water partition coefficient (Wildman–Crippen LogP) is 2.74. The summed E-state index contributed by atoms with van der Waals surface area (Å²) in [6.07, 6.45) is -2.59. The maximum atomic E-state index is 12.6. The summed E-state index contributed by atoms with van der Waals surface area (Å²) in [7, 11) is 0. The van der Waals surface area contributed by atoms with Gasteiger partial charge in [0.25, 0.3) is 0 Å². The number of halogens is 4. The molecule has 1 aliphatic heterocycles. The number of benzene rings is 1. The molecule has 1 amide bonds. The highest BCUT2D eigenvalue weighted by molar-refractivity contribution is 5.85. The first kappa shape index (κ1) is 17.8. The van der Waals surface area contributed by atoms with E-state index >= 15 is 0 Å². The van der Waals surface area contributed by atoms with Crippen LogP contribution in [0.15, 0.2) is 24.3 Å². The van der Waals surface area contributed by atoms with Gasteiger partial charge in [0.2, 0.25) is 5.91 Å². The highest BCUT2D eigenvalue weighted by Gasteiger charge is 2.30. The molecule has 118 valence electrons. The van der Waals surface area contributed by atoms with Crippen molar-refractivity contribution in [3.63, 3.8) is 0 Å². The zero-order valence-corrected chi connectivity index (χ0v) is 12.2. The van der Waals surface area contributed by atoms with Crippen LogP contribution in [0.25, 0.3) is 0 Å². The van der Waals surface area contributed by atoms with Crippen molar-refractivity contribution in [3.05, 3.63) is 35.4 Å². The summed E-state index contributed by atoms with van der Waals surface area (Å²) in [5.74, 6) is -0.191. The molecule has 1 atom stereocenters. The number of nitrogens with one attached hydrogen (secondary N) is 2. The smallest absolute Gasteiger partial charge is 0.352 e. The monoisotopic (exact) mass is 322 g/mol. The molecule has 0 spiro atoms. The van der Waals surface area contributed by atoms with Gasteiger partial charge in [-0.05, 0) is 37.1 Å². The highest BCUT2D eigenvalue weighted by Crippen LogP contribution is 2.29. The fourth-order valence-corrected chi connectivity index (χ4v) is 2.27. The van der Waals surface area contributed by atoms with E-state index in [0.29, 0.717) is 12.1 Å². The molecular formula is C14H18ClF3N2O. The van der Waals surface area contributed by atoms with Crippen molar-refractivity contribution >= 4 is 18.3 Å². The number of carbonyl (C=O) groups excluding carboxylic acids is 1. The third-order valence-electron chi connectivity index (χ3n) is 3.39. The van der Waals surface area contributed by atoms with Gasteiger partial charge in [-0.3, -0.25) is 4.79 Å². The molecule has 0 saturated carbocycles. The molecule has 1 saturated heterocycles. The predicted molar refractivity (Wildman–Crippen MR) is 76.1 cm³/mol. The largest absolute Gasteiger partial charge is 0.416 e. The van der Waals surface area contributed by atoms with Gasteiger partial charge in [0, 0.05) is 13.1 Å². The fourth-order valence-electron chi connectivity index (χ4n) is 2.27. The number of hydrogen-bond donors (Lipinski definition) is 2. The van der Waals surface area contributed by atoms with Crippen LogP contribution < -0.4 is 10.6 Å². The Morgan fingerprint density at radius 2 is 2.14 bits per heavy atom. The molecule has 1 unspecified atom stereocenters. The minimum atomic E-state index is -4.35. The van der Waals surface area contributed by atoms with Crippen LogP contribution in [0, 0.1) is 5.92 Å². The molecule has 1 aliphatic rings. The van der Waals surface area contributed by atoms with Gasteiger partial charge in [0.05, 0.1) is 11.5 Å². The van der Waals surface area contributed by atoms with Crippen LogP contribution in [-0.4, -0.2) is 19.0 Å². The minimum absolute atomic E-state index is 0. The molecule has 1 aromatic rings. The van der Waals surface area contributed by atoms with Crippen LogP contribution >= 0.6 is 12.4 Å². The van der Waals surface area contributed by atoms with Crippen LogP contribution in [0.4, 0.5) is 13.2 Å². The van der Waals surface area contributed by atoms with Gasteiger partial charge in [-0.2, -0.15) is 13.2 Å². The zero-order valence-electron chi connectivity index (χ0n) is 11.4. The average molecular weight is 323 g/mol. The van der Waals surface area contributed by atoms with E-state index in [-0.39, 0.29) is 30.8 Å². The second-order valence-electron chi connectivity index (χ2n) is 4.96. The second-order valence-corrected chi connectivity index (χ2v) is 4.96. The standard InChI is InChI=1S/C14H17F3N2O.ClH/c15-14(16,17)12-5-1-3-10(7-12)8-19-13(20)11-4-2-6-18-9-11;/h1,3,5,7,11,18H,2,4,6,8-9H2,(H,19,20);1H. The lowest BCUT2D eigenvalue weighted by molar-refractivity contribution is -0.137. The molecule has 2 N–H and O–H groups in total. The fraction of sp³-hybridized carbons (Fsp3) is 0.500. The van der Waals surface area contributed by atoms with Crippen molar-refractivity contribution < 1.29 is 18.0 Å². The maximum Gasteiger partial charge on any atom is 0.416 e. The molecule has 21 heavy (non-hydrogen) atoms. The molecule has 1 aromatic carbocycles. The van der Waals surface area contributed by atoms with Crippen molar-refractivity contribution in [2.24, 2.45) is 5.92 Å². The minimum Gasteiger partial charge on any atom is -0.352 e. The van der Waals surface area contributed by atoms with Gasteiger partial charge in [0.1, 0.15) is 0 Å². The van der Waals surface area contributed by atoms with Gasteiger partial charge in [-0.15, -0.1) is 12.4 Å². The van der Waals surface area contributed by atoms with E-state index in [1.807, 2.05) is 0 Å². The summed E-state index contributed by atoms with van der Waals surface area (Å²) in [4.78, 5) is 11.9. The van der Waals surface area contributed by atoms with E-state index < -0.39 is 11.7 Å². The number of carbonyl (C=O) groups is 1. The Hall–Kier alpha value is -1.27. The van der Waals surface area contributed by atoms with Crippen molar-refractivity contribution in [2.45, 2.75) is 25.6 Å². The van der Waals surface area contributed by atoms with Crippen molar-refractivity contribution in [1.82, 2.24) is 10.6 Å². The molecule has 0 radical (unpaired) electrons. The van der Waals surface area contributed by atoms with Crippen LogP contribution in [0.3, 0.4) is 0 Å². The Bertz CT molecular complexity index is 474. The van der Waals surface area contributed by atoms with Gasteiger partial charge < -0.3 is 10.6 Å². The van der Waals surface area contributed by atoms with Crippen molar-refractivity contribution in [2.75, 3.05) is 13.1 Å². The number of alkyl halides is 3. The van der Waals surface area contributed by atoms with E-state index in [4.69, 9.17) is 0 Å². The molecule has 0 aliphatic carbocycles. The van der Waals surface area contributed by atoms with Crippen molar-refractivity contribution in [3.8, 4) is 0 Å². The number of piperidine rings is 1. The summed E-state index contributed by atoms with van der Waals surface area (Å²) in [5, 5.41) is 5.83. The summed E-state index contributed by atoms with van der Waals surface area (Å²) in [6.45, 7) is 1.67. The quantitative estimate of drug-likeness (QED) is 0.898. The molecule has 1 heterocycles. The SMILES string of the molecule is Cl.O=C(NCc1cccc(C(F)(F)F)c1)C1CCCNC1. The van der Waals surface area contributed by atoms with E-state index in [1.54, 1.807) is 6.07 Å². The normalized spacial score (nSPS) is 18.7. The van der Waals surface area contributed by atoms with Crippen LogP contribution in [-0.2, 0) is 17.5 Å². The molecule has 0 aromatic heterocycles. The summed E-state index contributed by atoms with van der Waals surface area (Å²) in [5.41, 5.74) is -0.236. The van der Waals surface area contributed by atoms with Gasteiger partial charge in [-0.25, -0.2) is 0 Å². The lowest BCUT2D eigenvalue weighted by atomic mass is 9.99. The third-order valence-corrected chi connectivity index (χ3v) is 3.39. The molecule has 1 fully saturated rings. The molecule has 2 rings (SSSR count). The lowest BCUT2D eigenvalue weighted by Gasteiger charge is -2.22. The first-order valence-corrected chi connectivity index (χ1v) is 6.61. The zero-order chi connectivity index (χ0) is 14.6. The summed E-state index contributed by atoms with van der Waals surface area (Å²) in [6, 6.07) is 5.02. The summed E-state index contributed by atoms with van der Waals surface area (Å²) >= 11 is 0. The molecular weight excluding hydrogens is 305 g/mol. The highest BCUT2D eigenvalue weighted by atomic mass is 35.5. The third kappa shape index (κ3) is 5.21. The van der Waals surface area contributed by atoms with E-state index in [9.17, 15) is 18.0 Å². The number of hydrogen-bond acceptors (Lipinski definition) is 2. The van der Waals surface area contributed by atoms with E-state index in [0.717, 1.165) is 31.5 Å². The molecule has 3 nitrogen and oxygen atoms in total. The topological polar surface area (TPSA) is 41.1 Å². The van der Waals surface area contributed by atoms with Gasteiger partial charge in [-0.1, -0.05) is 12.1 Å². The van der Waals surface area contributed by atoms with Crippen molar-refractivity contribution in [1.29, 1.82) is 0 Å². The first-order chi connectivity index (χ1) is 9.47. The van der Waals surface area contributed by atoms with Gasteiger partial charge >= 0.3 is 6.18 Å². The Labute approximate surface area is 127 Å². The average Bonchev–Trinajstić information content (AvgIpc) is 2.45. The van der Waals surface area contributed by atoms with E-state index in [1.165, 1.54) is 6.07 Å². The number of amides is 1. The Balaban J connectivity index is 0.00000220.